The van der Waals surface area contributed by atoms with E-state index in [4.69, 9.17) is 10.5 Å². The lowest BCUT2D eigenvalue weighted by Gasteiger charge is -2.16. The van der Waals surface area contributed by atoms with E-state index in [1.807, 2.05) is 30.3 Å². The molecule has 0 fully saturated rings. The zero-order valence-corrected chi connectivity index (χ0v) is 13.5. The fourth-order valence-electron chi connectivity index (χ4n) is 2.07. The molecule has 6 heteroatoms. The van der Waals surface area contributed by atoms with Crippen molar-refractivity contribution in [1.29, 1.82) is 0 Å². The predicted octanol–water partition coefficient (Wildman–Crippen LogP) is 2.94. The van der Waals surface area contributed by atoms with Crippen molar-refractivity contribution < 1.29 is 14.3 Å². The molecule has 0 saturated carbocycles. The van der Waals surface area contributed by atoms with Crippen LogP contribution in [0.1, 0.15) is 35.9 Å². The van der Waals surface area contributed by atoms with Gasteiger partial charge in [-0.1, -0.05) is 30.3 Å². The van der Waals surface area contributed by atoms with E-state index in [0.717, 1.165) is 5.56 Å². The maximum atomic E-state index is 12.4. The number of carbonyl (C=O) groups is 2. The van der Waals surface area contributed by atoms with Crippen molar-refractivity contribution in [3.05, 3.63) is 77.4 Å². The van der Waals surface area contributed by atoms with E-state index in [0.29, 0.717) is 5.56 Å². The molecule has 0 bridgehead atoms. The third-order valence-electron chi connectivity index (χ3n) is 3.34. The molecule has 0 aliphatic carbocycles. The first-order chi connectivity index (χ1) is 11.5. The van der Waals surface area contributed by atoms with Gasteiger partial charge in [-0.15, -0.1) is 0 Å². The third-order valence-corrected chi connectivity index (χ3v) is 3.34. The monoisotopic (exact) mass is 325 g/mol. The number of rotatable bonds is 5. The zero-order valence-electron chi connectivity index (χ0n) is 13.5. The average Bonchev–Trinajstić information content (AvgIpc) is 2.60. The summed E-state index contributed by atoms with van der Waals surface area (Å²) < 4.78 is 5.30. The maximum Gasteiger partial charge on any atom is 0.412 e. The summed E-state index contributed by atoms with van der Waals surface area (Å²) in [5.74, 6) is -0.401. The molecular formula is C18H19N3O3. The number of amides is 1. The van der Waals surface area contributed by atoms with E-state index in [9.17, 15) is 9.59 Å². The second-order valence-electron chi connectivity index (χ2n) is 5.21. The van der Waals surface area contributed by atoms with Crippen LogP contribution in [0.15, 0.2) is 66.3 Å². The highest BCUT2D eigenvalue weighted by molar-refractivity contribution is 6.10. The summed E-state index contributed by atoms with van der Waals surface area (Å²) in [4.78, 5) is 28.4. The minimum absolute atomic E-state index is 0.00791. The molecule has 24 heavy (non-hydrogen) atoms. The van der Waals surface area contributed by atoms with Crippen molar-refractivity contribution in [1.82, 2.24) is 10.3 Å². The molecule has 1 atom stereocenters. The van der Waals surface area contributed by atoms with Gasteiger partial charge in [0.15, 0.2) is 0 Å². The topological polar surface area (TPSA) is 94.3 Å². The number of aromatic nitrogens is 1. The summed E-state index contributed by atoms with van der Waals surface area (Å²) in [6, 6.07) is 12.4. The lowest BCUT2D eigenvalue weighted by atomic mass is 10.1. The molecule has 6 nitrogen and oxygen atoms in total. The molecule has 2 aromatic rings. The Labute approximate surface area is 140 Å². The average molecular weight is 325 g/mol. The van der Waals surface area contributed by atoms with E-state index in [1.54, 1.807) is 19.1 Å². The quantitative estimate of drug-likeness (QED) is 0.651. The second-order valence-corrected chi connectivity index (χ2v) is 5.21. The Kier molecular flexibility index (Phi) is 5.68. The van der Waals surface area contributed by atoms with Gasteiger partial charge in [-0.3, -0.25) is 15.1 Å². The summed E-state index contributed by atoms with van der Waals surface area (Å²) in [7, 11) is 0. The summed E-state index contributed by atoms with van der Waals surface area (Å²) in [5, 5.41) is 2.44. The normalized spacial score (nSPS) is 12.8. The Hall–Kier alpha value is -3.15. The van der Waals surface area contributed by atoms with Gasteiger partial charge in [0.2, 0.25) is 5.78 Å². The molecule has 3 N–H and O–H groups in total. The SMILES string of the molecule is CC(N)=C(NC(=O)OC(C)c1ccccc1)C(=O)c1ccncc1. The molecule has 2 rings (SSSR count). The highest BCUT2D eigenvalue weighted by atomic mass is 16.6. The number of hydrogen-bond donors (Lipinski definition) is 2. The van der Waals surface area contributed by atoms with Crippen LogP contribution in [-0.4, -0.2) is 16.9 Å². The smallest absolute Gasteiger partial charge is 0.412 e. The summed E-state index contributed by atoms with van der Waals surface area (Å²) in [6.45, 7) is 3.29. The van der Waals surface area contributed by atoms with Gasteiger partial charge in [0.05, 0.1) is 0 Å². The van der Waals surface area contributed by atoms with Crippen LogP contribution in [0, 0.1) is 0 Å². The van der Waals surface area contributed by atoms with Crippen LogP contribution >= 0.6 is 0 Å². The van der Waals surface area contributed by atoms with Crippen molar-refractivity contribution >= 4 is 11.9 Å². The predicted molar refractivity (Wildman–Crippen MR) is 89.9 cm³/mol. The number of nitrogens with two attached hydrogens (primary N) is 1. The van der Waals surface area contributed by atoms with Gasteiger partial charge in [-0.2, -0.15) is 0 Å². The zero-order chi connectivity index (χ0) is 17.5. The number of pyridine rings is 1. The molecule has 0 aliphatic rings. The number of carbonyl (C=O) groups excluding carboxylic acids is 2. The molecule has 0 radical (unpaired) electrons. The number of benzene rings is 1. The number of nitrogens with one attached hydrogen (secondary N) is 1. The van der Waals surface area contributed by atoms with Crippen LogP contribution in [0.5, 0.6) is 0 Å². The fourth-order valence-corrected chi connectivity index (χ4v) is 2.07. The molecule has 1 amide bonds. The van der Waals surface area contributed by atoms with Crippen LogP contribution in [0.2, 0.25) is 0 Å². The van der Waals surface area contributed by atoms with Crippen LogP contribution < -0.4 is 11.1 Å². The minimum Gasteiger partial charge on any atom is -0.441 e. The summed E-state index contributed by atoms with van der Waals surface area (Å²) in [6.07, 6.45) is 1.79. The van der Waals surface area contributed by atoms with Gasteiger partial charge in [0.1, 0.15) is 11.8 Å². The van der Waals surface area contributed by atoms with Gasteiger partial charge < -0.3 is 10.5 Å². The number of nitrogens with zero attached hydrogens (tertiary/aromatic N) is 1. The Bertz CT molecular complexity index is 739. The second kappa shape index (κ2) is 7.92. The summed E-state index contributed by atoms with van der Waals surface area (Å²) >= 11 is 0. The van der Waals surface area contributed by atoms with E-state index < -0.39 is 18.0 Å². The van der Waals surface area contributed by atoms with Crippen LogP contribution in [-0.2, 0) is 4.74 Å². The number of ether oxygens (including phenoxy) is 1. The first-order valence-electron chi connectivity index (χ1n) is 7.42. The van der Waals surface area contributed by atoms with Crippen molar-refractivity contribution in [2.45, 2.75) is 20.0 Å². The van der Waals surface area contributed by atoms with Crippen molar-refractivity contribution in [2.24, 2.45) is 5.73 Å². The molecule has 124 valence electrons. The largest absolute Gasteiger partial charge is 0.441 e. The highest BCUT2D eigenvalue weighted by Gasteiger charge is 2.19. The minimum atomic E-state index is -0.742. The van der Waals surface area contributed by atoms with Crippen molar-refractivity contribution in [2.75, 3.05) is 0 Å². The molecule has 1 heterocycles. The molecule has 1 aromatic heterocycles. The van der Waals surface area contributed by atoms with Gasteiger partial charge in [0, 0.05) is 23.7 Å². The molecule has 0 aliphatic heterocycles. The molecular weight excluding hydrogens is 306 g/mol. The Morgan fingerprint density at radius 1 is 1.12 bits per heavy atom. The van der Waals surface area contributed by atoms with Crippen LogP contribution in [0.25, 0.3) is 0 Å². The first-order valence-corrected chi connectivity index (χ1v) is 7.42. The third kappa shape index (κ3) is 4.42. The van der Waals surface area contributed by atoms with Crippen LogP contribution in [0.3, 0.4) is 0 Å². The fraction of sp³-hybridized carbons (Fsp3) is 0.167. The lowest BCUT2D eigenvalue weighted by Crippen LogP contribution is -2.31. The van der Waals surface area contributed by atoms with Gasteiger partial charge in [0.25, 0.3) is 0 Å². The van der Waals surface area contributed by atoms with E-state index in [-0.39, 0.29) is 11.4 Å². The molecule has 1 unspecified atom stereocenters. The molecule has 0 spiro atoms. The molecule has 0 saturated heterocycles. The number of allylic oxidation sites excluding steroid dienone is 2. The first kappa shape index (κ1) is 17.2. The van der Waals surface area contributed by atoms with Gasteiger partial charge in [-0.05, 0) is 31.5 Å². The van der Waals surface area contributed by atoms with Crippen molar-refractivity contribution in [3.8, 4) is 0 Å². The number of Topliss-reactive ketones (excluding diaryl/α,β-unsaturated/α-hetero) is 1. The molecule has 1 aromatic carbocycles. The van der Waals surface area contributed by atoms with Gasteiger partial charge >= 0.3 is 6.09 Å². The lowest BCUT2D eigenvalue weighted by molar-refractivity contribution is 0.0975. The Morgan fingerprint density at radius 3 is 2.33 bits per heavy atom. The Balaban J connectivity index is 2.07. The number of alkyl carbamates (subject to hydrolysis) is 1. The standard InChI is InChI=1S/C18H19N3O3/c1-12(19)16(17(22)15-8-10-20-11-9-15)21-18(23)24-13(2)14-6-4-3-5-7-14/h3-11,13H,19H2,1-2H3,(H,21,23). The van der Waals surface area contributed by atoms with Gasteiger partial charge in [-0.25, -0.2) is 4.79 Å². The van der Waals surface area contributed by atoms with E-state index >= 15 is 0 Å². The number of ketones is 1. The van der Waals surface area contributed by atoms with E-state index in [1.165, 1.54) is 19.3 Å². The van der Waals surface area contributed by atoms with Crippen LogP contribution in [0.4, 0.5) is 4.79 Å². The maximum absolute atomic E-state index is 12.4. The van der Waals surface area contributed by atoms with E-state index in [2.05, 4.69) is 10.3 Å². The van der Waals surface area contributed by atoms with Crippen molar-refractivity contribution in [3.63, 3.8) is 0 Å². The number of hydrogen-bond acceptors (Lipinski definition) is 5. The Morgan fingerprint density at radius 2 is 1.75 bits per heavy atom. The highest BCUT2D eigenvalue weighted by Crippen LogP contribution is 2.16. The summed E-state index contributed by atoms with van der Waals surface area (Å²) in [5.41, 5.74) is 7.15.